The Bertz CT molecular complexity index is 792. The molecule has 0 aliphatic carbocycles. The van der Waals surface area contributed by atoms with Crippen molar-refractivity contribution >= 4 is 5.97 Å². The summed E-state index contributed by atoms with van der Waals surface area (Å²) >= 11 is 0. The normalized spacial score (nSPS) is 21.4. The molecule has 0 aromatic heterocycles. The zero-order valence-electron chi connectivity index (χ0n) is 23.3. The molecule has 0 spiro atoms. The zero-order valence-corrected chi connectivity index (χ0v) is 23.3. The van der Waals surface area contributed by atoms with Crippen LogP contribution in [0.4, 0.5) is 13.2 Å². The Morgan fingerprint density at radius 2 is 1.84 bits per heavy atom. The number of esters is 1. The third kappa shape index (κ3) is 14.9. The van der Waals surface area contributed by atoms with E-state index in [0.717, 1.165) is 25.0 Å². The van der Waals surface area contributed by atoms with Gasteiger partial charge in [-0.2, -0.15) is 13.2 Å². The smallest absolute Gasteiger partial charge is 0.416 e. The number of hydrogen-bond acceptors (Lipinski definition) is 5. The predicted molar refractivity (Wildman–Crippen MR) is 141 cm³/mol. The fourth-order valence-corrected chi connectivity index (χ4v) is 3.62. The maximum Gasteiger partial charge on any atom is 0.416 e. The van der Waals surface area contributed by atoms with Crippen molar-refractivity contribution in [3.8, 4) is 5.75 Å². The molecule has 8 heteroatoms. The standard InChI is InChI=1S/C21H27F3O3.C5H10O2.C3H8/c1-4-9-18-15(3)26-27-20(5-2)19(18)12-6-7-13-25-17-11-8-10-16(14-17)21(22,23)24;1-4(2)7-5(3)6;1-3-2/h4,6,8,10-12,14-15,18-20H,1,5,7,9,13H2,2-3H3;4H,1-3H3;3H2,1-2H3/b12-6+;;/t15-,18-,19?,20+;;/m0../s1. The van der Waals surface area contributed by atoms with Gasteiger partial charge in [0, 0.05) is 18.8 Å². The second kappa shape index (κ2) is 18.9. The van der Waals surface area contributed by atoms with Gasteiger partial charge in [-0.05, 0) is 58.2 Å². The molecule has 1 fully saturated rings. The lowest BCUT2D eigenvalue weighted by Gasteiger charge is -2.38. The lowest BCUT2D eigenvalue weighted by Crippen LogP contribution is -2.41. The van der Waals surface area contributed by atoms with Gasteiger partial charge in [0.05, 0.1) is 30.5 Å². The molecule has 0 bridgehead atoms. The summed E-state index contributed by atoms with van der Waals surface area (Å²) in [4.78, 5) is 20.9. The highest BCUT2D eigenvalue weighted by Gasteiger charge is 2.36. The summed E-state index contributed by atoms with van der Waals surface area (Å²) in [5.41, 5.74) is -0.707. The van der Waals surface area contributed by atoms with Crippen LogP contribution >= 0.6 is 0 Å². The SMILES string of the molecule is C=CC[C@@H]1C(/C=C/CCOc2cccc(C(F)(F)F)c2)[C@@H](CC)OO[C@H]1C.CC(=O)OC(C)C.CCC. The summed E-state index contributed by atoms with van der Waals surface area (Å²) in [7, 11) is 0. The highest BCUT2D eigenvalue weighted by molar-refractivity contribution is 5.66. The lowest BCUT2D eigenvalue weighted by atomic mass is 9.80. The van der Waals surface area contributed by atoms with Crippen molar-refractivity contribution in [3.63, 3.8) is 0 Å². The van der Waals surface area contributed by atoms with Crippen LogP contribution in [0, 0.1) is 11.8 Å². The summed E-state index contributed by atoms with van der Waals surface area (Å²) in [6.45, 7) is 17.5. The van der Waals surface area contributed by atoms with Crippen LogP contribution in [0.15, 0.2) is 49.1 Å². The molecule has 1 aromatic carbocycles. The average Bonchev–Trinajstić information content (AvgIpc) is 2.80. The second-order valence-electron chi connectivity index (χ2n) is 9.07. The third-order valence-electron chi connectivity index (χ3n) is 5.17. The number of allylic oxidation sites excluding steroid dienone is 1. The van der Waals surface area contributed by atoms with Crippen LogP contribution in [0.3, 0.4) is 0 Å². The maximum absolute atomic E-state index is 12.7. The Morgan fingerprint density at radius 3 is 2.32 bits per heavy atom. The molecule has 0 saturated carbocycles. The van der Waals surface area contributed by atoms with E-state index < -0.39 is 11.7 Å². The van der Waals surface area contributed by atoms with E-state index in [1.165, 1.54) is 25.5 Å². The van der Waals surface area contributed by atoms with Gasteiger partial charge in [-0.15, -0.1) is 6.58 Å². The Balaban J connectivity index is 0.00000110. The van der Waals surface area contributed by atoms with Gasteiger partial charge >= 0.3 is 12.1 Å². The molecule has 1 aliphatic heterocycles. The van der Waals surface area contributed by atoms with Crippen molar-refractivity contribution in [2.24, 2.45) is 11.8 Å². The van der Waals surface area contributed by atoms with Gasteiger partial charge in [-0.1, -0.05) is 51.5 Å². The van der Waals surface area contributed by atoms with Crippen LogP contribution in [0.5, 0.6) is 5.75 Å². The highest BCUT2D eigenvalue weighted by Crippen LogP contribution is 2.35. The molecular formula is C29H45F3O5. The summed E-state index contributed by atoms with van der Waals surface area (Å²) in [5, 5.41) is 0. The van der Waals surface area contributed by atoms with Crippen LogP contribution in [0.2, 0.25) is 0 Å². The van der Waals surface area contributed by atoms with Crippen LogP contribution < -0.4 is 4.74 Å². The number of hydrogen-bond donors (Lipinski definition) is 0. The first-order valence-electron chi connectivity index (χ1n) is 13.0. The molecular weight excluding hydrogens is 485 g/mol. The molecule has 212 valence electrons. The molecule has 0 amide bonds. The minimum atomic E-state index is -4.37. The van der Waals surface area contributed by atoms with Crippen LogP contribution in [0.25, 0.3) is 0 Å². The van der Waals surface area contributed by atoms with Crippen molar-refractivity contribution in [2.75, 3.05) is 6.61 Å². The van der Waals surface area contributed by atoms with Gasteiger partial charge < -0.3 is 9.47 Å². The van der Waals surface area contributed by atoms with Crippen LogP contribution in [-0.4, -0.2) is 30.9 Å². The van der Waals surface area contributed by atoms with E-state index in [4.69, 9.17) is 14.5 Å². The molecule has 1 aromatic rings. The number of rotatable bonds is 9. The van der Waals surface area contributed by atoms with E-state index in [2.05, 4.69) is 31.2 Å². The van der Waals surface area contributed by atoms with Crippen molar-refractivity contribution in [1.82, 2.24) is 0 Å². The topological polar surface area (TPSA) is 54.0 Å². The van der Waals surface area contributed by atoms with Crippen molar-refractivity contribution in [1.29, 1.82) is 0 Å². The molecule has 1 saturated heterocycles. The largest absolute Gasteiger partial charge is 0.493 e. The molecule has 1 heterocycles. The minimum Gasteiger partial charge on any atom is -0.493 e. The number of alkyl halides is 3. The third-order valence-corrected chi connectivity index (χ3v) is 5.17. The van der Waals surface area contributed by atoms with Gasteiger partial charge in [0.2, 0.25) is 0 Å². The average molecular weight is 531 g/mol. The first kappa shape index (κ1) is 34.7. The quantitative estimate of drug-likeness (QED) is 0.139. The van der Waals surface area contributed by atoms with E-state index in [9.17, 15) is 18.0 Å². The fraction of sp³-hybridized carbons (Fsp3) is 0.621. The molecule has 0 N–H and O–H groups in total. The first-order valence-corrected chi connectivity index (χ1v) is 13.0. The Labute approximate surface area is 220 Å². The Kier molecular flexibility index (Phi) is 17.7. The monoisotopic (exact) mass is 530 g/mol. The van der Waals surface area contributed by atoms with Gasteiger partial charge in [-0.25, -0.2) is 9.78 Å². The summed E-state index contributed by atoms with van der Waals surface area (Å²) < 4.78 is 48.2. The van der Waals surface area contributed by atoms with E-state index in [1.807, 2.05) is 39.8 Å². The molecule has 5 nitrogen and oxygen atoms in total. The maximum atomic E-state index is 12.7. The van der Waals surface area contributed by atoms with Crippen molar-refractivity contribution < 1.29 is 37.2 Å². The molecule has 1 aliphatic rings. The number of benzene rings is 1. The summed E-state index contributed by atoms with van der Waals surface area (Å²) in [6.07, 6.45) is 5.11. The van der Waals surface area contributed by atoms with E-state index in [-0.39, 0.29) is 41.9 Å². The van der Waals surface area contributed by atoms with Crippen LogP contribution in [0.1, 0.15) is 79.7 Å². The fourth-order valence-electron chi connectivity index (χ4n) is 3.62. The Morgan fingerprint density at radius 1 is 1.19 bits per heavy atom. The van der Waals surface area contributed by atoms with Gasteiger partial charge in [0.1, 0.15) is 5.75 Å². The van der Waals surface area contributed by atoms with Gasteiger partial charge in [0.15, 0.2) is 0 Å². The summed E-state index contributed by atoms with van der Waals surface area (Å²) in [5.74, 6) is 0.486. The molecule has 37 heavy (non-hydrogen) atoms. The molecule has 1 unspecified atom stereocenters. The zero-order chi connectivity index (χ0) is 28.4. The van der Waals surface area contributed by atoms with Crippen molar-refractivity contribution in [3.05, 3.63) is 54.6 Å². The first-order chi connectivity index (χ1) is 17.4. The highest BCUT2D eigenvalue weighted by atomic mass is 19.4. The van der Waals surface area contributed by atoms with Gasteiger partial charge in [0.25, 0.3) is 0 Å². The molecule has 0 radical (unpaired) electrons. The van der Waals surface area contributed by atoms with E-state index >= 15 is 0 Å². The van der Waals surface area contributed by atoms with E-state index in [1.54, 1.807) is 0 Å². The summed E-state index contributed by atoms with van der Waals surface area (Å²) in [6, 6.07) is 4.93. The van der Waals surface area contributed by atoms with Crippen LogP contribution in [-0.2, 0) is 25.5 Å². The van der Waals surface area contributed by atoms with Gasteiger partial charge in [-0.3, -0.25) is 4.79 Å². The number of carbonyl (C=O) groups is 1. The second-order valence-corrected chi connectivity index (χ2v) is 9.07. The number of halogens is 3. The van der Waals surface area contributed by atoms with Crippen molar-refractivity contribution in [2.45, 2.75) is 98.6 Å². The molecule has 2 rings (SSSR count). The molecule has 4 atom stereocenters. The minimum absolute atomic E-state index is 0.0215. The lowest BCUT2D eigenvalue weighted by molar-refractivity contribution is -0.393. The van der Waals surface area contributed by atoms with E-state index in [0.29, 0.717) is 13.0 Å². The number of ether oxygens (including phenoxy) is 2. The number of carbonyl (C=O) groups excluding carboxylic acids is 1. The Hall–Kier alpha value is -2.32. The predicted octanol–water partition coefficient (Wildman–Crippen LogP) is 8.34.